The van der Waals surface area contributed by atoms with Crippen molar-refractivity contribution in [1.82, 2.24) is 5.32 Å². The zero-order chi connectivity index (χ0) is 25.3. The van der Waals surface area contributed by atoms with Gasteiger partial charge in [0.05, 0.1) is 13.2 Å². The molecule has 33 heavy (non-hydrogen) atoms. The number of hydrogen-bond donors (Lipinski definition) is 1. The maximum Gasteiger partial charge on any atom is 0.343 e. The summed E-state index contributed by atoms with van der Waals surface area (Å²) >= 11 is 0. The minimum Gasteiger partial charge on any atom is -0.464 e. The number of ether oxygens (including phenoxy) is 2. The van der Waals surface area contributed by atoms with Crippen molar-refractivity contribution in [2.45, 2.75) is 90.6 Å². The number of rotatable bonds is 12. The van der Waals surface area contributed by atoms with Gasteiger partial charge < -0.3 is 19.2 Å². The van der Waals surface area contributed by atoms with Crippen LogP contribution in [0, 0.1) is 0 Å². The van der Waals surface area contributed by atoms with Crippen molar-refractivity contribution in [3.8, 4) is 0 Å². The number of esters is 2. The van der Waals surface area contributed by atoms with E-state index >= 15 is 0 Å². The number of benzene rings is 1. The van der Waals surface area contributed by atoms with Crippen molar-refractivity contribution >= 4 is 26.2 Å². The molecule has 0 aliphatic rings. The van der Waals surface area contributed by atoms with Gasteiger partial charge in [0.25, 0.3) is 5.91 Å². The van der Waals surface area contributed by atoms with E-state index < -0.39 is 31.7 Å². The predicted octanol–water partition coefficient (Wildman–Crippen LogP) is 4.86. The van der Waals surface area contributed by atoms with Gasteiger partial charge >= 0.3 is 11.9 Å². The molecule has 0 fully saturated rings. The Balaban J connectivity index is 3.29. The Bertz CT molecular complexity index is 770. The van der Waals surface area contributed by atoms with Gasteiger partial charge in [-0.25, -0.2) is 9.59 Å². The molecule has 1 aromatic carbocycles. The molecule has 8 heteroatoms. The van der Waals surface area contributed by atoms with Crippen molar-refractivity contribution in [3.05, 3.63) is 35.9 Å². The molecule has 1 N–H and O–H groups in total. The fraction of sp³-hybridized carbons (Fsp3) is 0.640. The number of nitrogens with one attached hydrogen (secondary N) is 1. The molecule has 1 atom stereocenters. The van der Waals surface area contributed by atoms with Gasteiger partial charge in [-0.2, -0.15) is 0 Å². The van der Waals surface area contributed by atoms with Crippen molar-refractivity contribution in [2.75, 3.05) is 13.2 Å². The summed E-state index contributed by atoms with van der Waals surface area (Å²) in [7, 11) is -2.07. The van der Waals surface area contributed by atoms with Crippen molar-refractivity contribution in [2.24, 2.45) is 0 Å². The summed E-state index contributed by atoms with van der Waals surface area (Å²) in [6.45, 7) is 16.3. The Kier molecular flexibility index (Phi) is 10.8. The molecule has 0 heterocycles. The van der Waals surface area contributed by atoms with E-state index in [2.05, 4.69) is 39.2 Å². The van der Waals surface area contributed by atoms with Crippen LogP contribution >= 0.6 is 0 Å². The summed E-state index contributed by atoms with van der Waals surface area (Å²) in [6.07, 6.45) is 0.926. The molecule has 0 unspecified atom stereocenters. The van der Waals surface area contributed by atoms with Crippen LogP contribution in [0.5, 0.6) is 0 Å². The smallest absolute Gasteiger partial charge is 0.343 e. The van der Waals surface area contributed by atoms with Gasteiger partial charge in [0.15, 0.2) is 8.32 Å². The van der Waals surface area contributed by atoms with Crippen LogP contribution < -0.4 is 5.32 Å². The van der Waals surface area contributed by atoms with Crippen LogP contribution in [0.1, 0.15) is 71.2 Å². The maximum absolute atomic E-state index is 13.1. The lowest BCUT2D eigenvalue weighted by atomic mass is 9.90. The molecule has 1 rings (SSSR count). The quantitative estimate of drug-likeness (QED) is 0.261. The van der Waals surface area contributed by atoms with Crippen LogP contribution in [0.15, 0.2) is 30.3 Å². The van der Waals surface area contributed by atoms with Crippen molar-refractivity contribution in [1.29, 1.82) is 0 Å². The highest BCUT2D eigenvalue weighted by Crippen LogP contribution is 2.38. The van der Waals surface area contributed by atoms with Crippen LogP contribution in [-0.4, -0.2) is 51.0 Å². The molecule has 0 aliphatic heterocycles. The molecule has 186 valence electrons. The molecule has 0 spiro atoms. The summed E-state index contributed by atoms with van der Waals surface area (Å²) in [6, 6.07) is 8.44. The summed E-state index contributed by atoms with van der Waals surface area (Å²) in [5.74, 6) is -2.19. The Morgan fingerprint density at radius 2 is 1.45 bits per heavy atom. The SMILES string of the molecule is CCOC(=O)C(CC[C@@H](CC)O[Si](C)(C)C(C)(C)C)(NC(=O)c1ccccc1)C(=O)OCC. The monoisotopic (exact) mass is 479 g/mol. The molecule has 1 amide bonds. The van der Waals surface area contributed by atoms with Gasteiger partial charge in [-0.05, 0) is 63.4 Å². The topological polar surface area (TPSA) is 90.9 Å². The van der Waals surface area contributed by atoms with E-state index in [-0.39, 0.29) is 30.8 Å². The fourth-order valence-corrected chi connectivity index (χ4v) is 4.60. The second-order valence-corrected chi connectivity index (χ2v) is 14.4. The molecule has 0 radical (unpaired) electrons. The van der Waals surface area contributed by atoms with Gasteiger partial charge in [-0.3, -0.25) is 4.79 Å². The maximum atomic E-state index is 13.1. The number of hydrogen-bond acceptors (Lipinski definition) is 6. The van der Waals surface area contributed by atoms with E-state index in [0.717, 1.165) is 0 Å². The van der Waals surface area contributed by atoms with Gasteiger partial charge in [0.2, 0.25) is 5.54 Å². The van der Waals surface area contributed by atoms with Crippen LogP contribution in [0.25, 0.3) is 0 Å². The minimum absolute atomic E-state index is 0.0103. The van der Waals surface area contributed by atoms with Crippen LogP contribution in [0.3, 0.4) is 0 Å². The van der Waals surface area contributed by atoms with E-state index in [1.807, 2.05) is 6.92 Å². The third-order valence-electron chi connectivity index (χ3n) is 6.17. The molecule has 7 nitrogen and oxygen atoms in total. The largest absolute Gasteiger partial charge is 0.464 e. The van der Waals surface area contributed by atoms with Gasteiger partial charge in [0, 0.05) is 11.7 Å². The standard InChI is InChI=1S/C25H41NO6Si/c1-9-20(32-33(7,8)24(4,5)6)17-18-25(22(28)30-10-2,23(29)31-11-3)26-21(27)19-15-13-12-14-16-19/h12-16,20H,9-11,17-18H2,1-8H3,(H,26,27)/t20-/m1/s1. The minimum atomic E-state index is -2.07. The molecular formula is C25H41NO6Si. The Hall–Kier alpha value is -2.19. The van der Waals surface area contributed by atoms with E-state index in [1.165, 1.54) is 0 Å². The van der Waals surface area contributed by atoms with Crippen LogP contribution in [-0.2, 0) is 23.5 Å². The average molecular weight is 480 g/mol. The van der Waals surface area contributed by atoms with Gasteiger partial charge in [-0.15, -0.1) is 0 Å². The first kappa shape index (κ1) is 28.8. The zero-order valence-electron chi connectivity index (χ0n) is 21.4. The summed E-state index contributed by atoms with van der Waals surface area (Å²) in [5, 5.41) is 2.67. The van der Waals surface area contributed by atoms with Crippen molar-refractivity contribution in [3.63, 3.8) is 0 Å². The van der Waals surface area contributed by atoms with Crippen molar-refractivity contribution < 1.29 is 28.3 Å². The first-order valence-corrected chi connectivity index (χ1v) is 14.6. The lowest BCUT2D eigenvalue weighted by Gasteiger charge is -2.40. The third kappa shape index (κ3) is 7.67. The Labute approximate surface area is 199 Å². The molecule has 0 aliphatic carbocycles. The number of amides is 1. The second-order valence-electron chi connectivity index (χ2n) is 9.61. The lowest BCUT2D eigenvalue weighted by Crippen LogP contribution is -2.62. The van der Waals surface area contributed by atoms with E-state index in [0.29, 0.717) is 18.4 Å². The first-order valence-electron chi connectivity index (χ1n) is 11.7. The molecule has 0 saturated heterocycles. The Morgan fingerprint density at radius 1 is 0.939 bits per heavy atom. The van der Waals surface area contributed by atoms with Gasteiger partial charge in [-0.1, -0.05) is 45.9 Å². The number of carbonyl (C=O) groups excluding carboxylic acids is 3. The molecular weight excluding hydrogens is 438 g/mol. The second kappa shape index (κ2) is 12.3. The first-order chi connectivity index (χ1) is 15.3. The third-order valence-corrected chi connectivity index (χ3v) is 10.7. The highest BCUT2D eigenvalue weighted by Gasteiger charge is 2.51. The zero-order valence-corrected chi connectivity index (χ0v) is 22.4. The highest BCUT2D eigenvalue weighted by atomic mass is 28.4. The van der Waals surface area contributed by atoms with Gasteiger partial charge in [0.1, 0.15) is 0 Å². The van der Waals surface area contributed by atoms with Crippen LogP contribution in [0.4, 0.5) is 0 Å². The Morgan fingerprint density at radius 3 is 1.88 bits per heavy atom. The van der Waals surface area contributed by atoms with Crippen LogP contribution in [0.2, 0.25) is 18.1 Å². The lowest BCUT2D eigenvalue weighted by molar-refractivity contribution is -0.166. The molecule has 0 saturated carbocycles. The van der Waals surface area contributed by atoms with E-state index in [1.54, 1.807) is 44.2 Å². The average Bonchev–Trinajstić information content (AvgIpc) is 2.75. The normalized spacial score (nSPS) is 13.2. The summed E-state index contributed by atoms with van der Waals surface area (Å²) in [4.78, 5) is 39.2. The molecule has 0 bridgehead atoms. The van der Waals surface area contributed by atoms with E-state index in [4.69, 9.17) is 13.9 Å². The fourth-order valence-electron chi connectivity index (χ4n) is 3.13. The summed E-state index contributed by atoms with van der Waals surface area (Å²) in [5.41, 5.74) is -1.62. The molecule has 1 aromatic rings. The highest BCUT2D eigenvalue weighted by molar-refractivity contribution is 6.74. The molecule has 0 aromatic heterocycles. The number of carbonyl (C=O) groups is 3. The van der Waals surface area contributed by atoms with E-state index in [9.17, 15) is 14.4 Å². The predicted molar refractivity (Wildman–Crippen MR) is 132 cm³/mol. The summed E-state index contributed by atoms with van der Waals surface area (Å²) < 4.78 is 17.0.